The number of carbonyl (C=O) groups excluding carboxylic acids is 1. The Morgan fingerprint density at radius 2 is 1.92 bits per heavy atom. The molecule has 1 fully saturated rings. The number of hydrogen-bond acceptors (Lipinski definition) is 4. The third kappa shape index (κ3) is 3.76. The van der Waals surface area contributed by atoms with E-state index >= 15 is 0 Å². The maximum absolute atomic E-state index is 13.0. The predicted octanol–water partition coefficient (Wildman–Crippen LogP) is 2.63. The van der Waals surface area contributed by atoms with Crippen LogP contribution in [-0.2, 0) is 7.05 Å². The highest BCUT2D eigenvalue weighted by atomic mass is 35.5. The van der Waals surface area contributed by atoms with Gasteiger partial charge in [0.05, 0.1) is 17.0 Å². The number of aromatic nitrogens is 3. The van der Waals surface area contributed by atoms with Crippen molar-refractivity contribution in [3.05, 3.63) is 23.0 Å². The lowest BCUT2D eigenvalue weighted by atomic mass is 9.79. The summed E-state index contributed by atoms with van der Waals surface area (Å²) in [5.74, 6) is 0.0418. The van der Waals surface area contributed by atoms with E-state index in [-0.39, 0.29) is 42.2 Å². The second-order valence-corrected chi connectivity index (χ2v) is 7.31. The minimum Gasteiger partial charge on any atom is -0.338 e. The van der Waals surface area contributed by atoms with Crippen LogP contribution in [0.25, 0.3) is 11.0 Å². The fourth-order valence-corrected chi connectivity index (χ4v) is 3.37. The molecular weight excluding hydrogens is 361 g/mol. The molecule has 3 heterocycles. The van der Waals surface area contributed by atoms with Crippen molar-refractivity contribution in [2.24, 2.45) is 18.2 Å². The first-order valence-electron chi connectivity index (χ1n) is 8.06. The smallest absolute Gasteiger partial charge is 0.255 e. The number of nitrogens with zero attached hydrogens (tertiary/aromatic N) is 4. The fraction of sp³-hybridized carbons (Fsp3) is 0.588. The van der Waals surface area contributed by atoms with Crippen LogP contribution in [-0.4, -0.2) is 44.7 Å². The van der Waals surface area contributed by atoms with Crippen LogP contribution in [0.3, 0.4) is 0 Å². The Morgan fingerprint density at radius 1 is 1.28 bits per heavy atom. The number of piperidine rings is 1. The third-order valence-corrected chi connectivity index (χ3v) is 5.02. The van der Waals surface area contributed by atoms with Gasteiger partial charge in [-0.2, -0.15) is 5.10 Å². The zero-order chi connectivity index (χ0) is 16.9. The first-order valence-corrected chi connectivity index (χ1v) is 8.06. The van der Waals surface area contributed by atoms with E-state index in [1.54, 1.807) is 4.68 Å². The van der Waals surface area contributed by atoms with Crippen molar-refractivity contribution in [3.8, 4) is 0 Å². The average Bonchev–Trinajstić information content (AvgIpc) is 2.74. The van der Waals surface area contributed by atoms with Crippen molar-refractivity contribution in [1.29, 1.82) is 0 Å². The highest BCUT2D eigenvalue weighted by Gasteiger charge is 2.36. The highest BCUT2D eigenvalue weighted by Crippen LogP contribution is 2.29. The number of pyridine rings is 1. The lowest BCUT2D eigenvalue weighted by Crippen LogP contribution is -2.54. The summed E-state index contributed by atoms with van der Waals surface area (Å²) >= 11 is 0. The van der Waals surface area contributed by atoms with Crippen molar-refractivity contribution in [2.45, 2.75) is 40.2 Å². The number of carbonyl (C=O) groups is 1. The molecule has 8 heteroatoms. The van der Waals surface area contributed by atoms with Gasteiger partial charge in [0, 0.05) is 31.6 Å². The molecule has 3 rings (SSSR count). The van der Waals surface area contributed by atoms with E-state index in [0.717, 1.165) is 28.8 Å². The molecular formula is C17H27Cl2N5O. The Balaban J connectivity index is 0.00000156. The maximum Gasteiger partial charge on any atom is 0.255 e. The standard InChI is InChI=1S/C17H25N5O.2ClH/c1-10-13(8-12-11(2)20-21(5)15(12)19-10)16(23)22-7-6-14(18)17(3,4)9-22;;/h8,14H,6-7,9,18H2,1-5H3;2*1H. The number of nitrogens with two attached hydrogens (primary N) is 1. The molecule has 1 unspecified atom stereocenters. The van der Waals surface area contributed by atoms with E-state index in [1.165, 1.54) is 0 Å². The second-order valence-electron chi connectivity index (χ2n) is 7.31. The van der Waals surface area contributed by atoms with Gasteiger partial charge in [-0.1, -0.05) is 13.8 Å². The van der Waals surface area contributed by atoms with Crippen molar-refractivity contribution in [2.75, 3.05) is 13.1 Å². The third-order valence-electron chi connectivity index (χ3n) is 5.02. The number of aryl methyl sites for hydroxylation is 3. The van der Waals surface area contributed by atoms with Gasteiger partial charge in [0.15, 0.2) is 5.65 Å². The average molecular weight is 388 g/mol. The molecule has 140 valence electrons. The molecule has 25 heavy (non-hydrogen) atoms. The topological polar surface area (TPSA) is 77.0 Å². The quantitative estimate of drug-likeness (QED) is 0.815. The molecule has 0 aromatic carbocycles. The van der Waals surface area contributed by atoms with Gasteiger partial charge in [0.2, 0.25) is 0 Å². The summed E-state index contributed by atoms with van der Waals surface area (Å²) in [4.78, 5) is 19.5. The molecule has 1 aliphatic rings. The Kier molecular flexibility index (Phi) is 6.48. The van der Waals surface area contributed by atoms with Crippen LogP contribution >= 0.6 is 24.8 Å². The molecule has 0 radical (unpaired) electrons. The van der Waals surface area contributed by atoms with Crippen LogP contribution < -0.4 is 5.73 Å². The largest absolute Gasteiger partial charge is 0.338 e. The molecule has 6 nitrogen and oxygen atoms in total. The van der Waals surface area contributed by atoms with Gasteiger partial charge in [-0.25, -0.2) is 4.98 Å². The molecule has 2 aromatic rings. The van der Waals surface area contributed by atoms with E-state index < -0.39 is 0 Å². The number of halogens is 2. The van der Waals surface area contributed by atoms with Crippen LogP contribution in [0.5, 0.6) is 0 Å². The number of fused-ring (bicyclic) bond motifs is 1. The minimum absolute atomic E-state index is 0. The van der Waals surface area contributed by atoms with Crippen LogP contribution in [0.4, 0.5) is 0 Å². The van der Waals surface area contributed by atoms with Crippen molar-refractivity contribution in [3.63, 3.8) is 0 Å². The molecule has 2 N–H and O–H groups in total. The van der Waals surface area contributed by atoms with Crippen LogP contribution in [0.2, 0.25) is 0 Å². The second kappa shape index (κ2) is 7.48. The van der Waals surface area contributed by atoms with Gasteiger partial charge in [0.1, 0.15) is 0 Å². The molecule has 1 aliphatic heterocycles. The van der Waals surface area contributed by atoms with E-state index in [9.17, 15) is 4.79 Å². The molecule has 0 bridgehead atoms. The SMILES string of the molecule is Cc1nc2c(cc1C(=O)N1CCC(N)C(C)(C)C1)c(C)nn2C.Cl.Cl. The van der Waals surface area contributed by atoms with Gasteiger partial charge in [0.25, 0.3) is 5.91 Å². The Labute approximate surface area is 161 Å². The molecule has 1 atom stereocenters. The number of amides is 1. The van der Waals surface area contributed by atoms with Crippen molar-refractivity contribution >= 4 is 41.8 Å². The Morgan fingerprint density at radius 3 is 2.52 bits per heavy atom. The van der Waals surface area contributed by atoms with E-state index in [1.807, 2.05) is 31.9 Å². The van der Waals surface area contributed by atoms with Crippen LogP contribution in [0.15, 0.2) is 6.07 Å². The van der Waals surface area contributed by atoms with Crippen molar-refractivity contribution in [1.82, 2.24) is 19.7 Å². The van der Waals surface area contributed by atoms with Gasteiger partial charge in [-0.3, -0.25) is 9.48 Å². The molecule has 0 aliphatic carbocycles. The Hall–Kier alpha value is -1.37. The zero-order valence-electron chi connectivity index (χ0n) is 15.4. The summed E-state index contributed by atoms with van der Waals surface area (Å²) in [7, 11) is 1.87. The summed E-state index contributed by atoms with van der Waals surface area (Å²) in [6.45, 7) is 9.45. The number of likely N-dealkylation sites (tertiary alicyclic amines) is 1. The minimum atomic E-state index is -0.0659. The van der Waals surface area contributed by atoms with Gasteiger partial charge in [-0.15, -0.1) is 24.8 Å². The zero-order valence-corrected chi connectivity index (χ0v) is 17.0. The fourth-order valence-electron chi connectivity index (χ4n) is 3.37. The first kappa shape index (κ1) is 21.7. The molecule has 1 saturated heterocycles. The lowest BCUT2D eigenvalue weighted by Gasteiger charge is -2.42. The van der Waals surface area contributed by atoms with Gasteiger partial charge in [-0.05, 0) is 31.7 Å². The predicted molar refractivity (Wildman–Crippen MR) is 105 cm³/mol. The lowest BCUT2D eigenvalue weighted by molar-refractivity contribution is 0.0532. The summed E-state index contributed by atoms with van der Waals surface area (Å²) in [5, 5.41) is 5.33. The maximum atomic E-state index is 13.0. The van der Waals surface area contributed by atoms with E-state index in [2.05, 4.69) is 23.9 Å². The monoisotopic (exact) mass is 387 g/mol. The van der Waals surface area contributed by atoms with E-state index in [0.29, 0.717) is 18.7 Å². The summed E-state index contributed by atoms with van der Waals surface area (Å²) < 4.78 is 1.76. The normalized spacial score (nSPS) is 19.3. The van der Waals surface area contributed by atoms with Crippen LogP contribution in [0, 0.1) is 19.3 Å². The highest BCUT2D eigenvalue weighted by molar-refractivity contribution is 5.98. The molecule has 0 saturated carbocycles. The van der Waals surface area contributed by atoms with Crippen molar-refractivity contribution < 1.29 is 4.79 Å². The molecule has 0 spiro atoms. The molecule has 2 aromatic heterocycles. The number of hydrogen-bond donors (Lipinski definition) is 1. The Bertz CT molecular complexity index is 787. The van der Waals surface area contributed by atoms with Crippen LogP contribution in [0.1, 0.15) is 42.0 Å². The summed E-state index contributed by atoms with van der Waals surface area (Å²) in [6, 6.07) is 2.07. The summed E-state index contributed by atoms with van der Waals surface area (Å²) in [5.41, 5.74) is 9.24. The van der Waals surface area contributed by atoms with Gasteiger partial charge < -0.3 is 10.6 Å². The number of rotatable bonds is 1. The molecule has 1 amide bonds. The van der Waals surface area contributed by atoms with Gasteiger partial charge >= 0.3 is 0 Å². The summed E-state index contributed by atoms with van der Waals surface area (Å²) in [6.07, 6.45) is 0.833. The first-order chi connectivity index (χ1) is 10.7. The van der Waals surface area contributed by atoms with E-state index in [4.69, 9.17) is 5.73 Å².